The summed E-state index contributed by atoms with van der Waals surface area (Å²) in [5.41, 5.74) is 1.91. The summed E-state index contributed by atoms with van der Waals surface area (Å²) in [5, 5.41) is 10.9. The summed E-state index contributed by atoms with van der Waals surface area (Å²) < 4.78 is 25.7. The Hall–Kier alpha value is 0.640. The van der Waals surface area contributed by atoms with Crippen LogP contribution in [0.15, 0.2) is 60.7 Å². The summed E-state index contributed by atoms with van der Waals surface area (Å²) in [4.78, 5) is 12.8. The third-order valence-corrected chi connectivity index (χ3v) is 33.8. The lowest BCUT2D eigenvalue weighted by Gasteiger charge is -2.28. The predicted octanol–water partition coefficient (Wildman–Crippen LogP) is 9.80. The van der Waals surface area contributed by atoms with Crippen LogP contribution in [0.2, 0.25) is 0 Å². The fraction of sp³-hybridized carbons (Fsp3) is 0.500. The summed E-state index contributed by atoms with van der Waals surface area (Å²) in [5.74, 6) is 0.424. The van der Waals surface area contributed by atoms with Gasteiger partial charge in [-0.3, -0.25) is 4.57 Å². The maximum absolute atomic E-state index is 14.0. The summed E-state index contributed by atoms with van der Waals surface area (Å²) >= 11 is 0. The predicted molar refractivity (Wildman–Crippen MR) is 177 cm³/mol. The summed E-state index contributed by atoms with van der Waals surface area (Å²) in [6.45, 7) is 0.0644. The highest BCUT2D eigenvalue weighted by Crippen LogP contribution is 2.92. The average molecular weight is 650 g/mol. The number of carbonyl (C=O) groups excluding carboxylic acids is 1. The van der Waals surface area contributed by atoms with Gasteiger partial charge in [0.15, 0.2) is 0 Å². The summed E-state index contributed by atoms with van der Waals surface area (Å²) in [7, 11) is 2.83. The van der Waals surface area contributed by atoms with Crippen molar-refractivity contribution >= 4 is 61.4 Å². The van der Waals surface area contributed by atoms with Crippen molar-refractivity contribution in [3.8, 4) is 0 Å². The molecule has 0 aromatic heterocycles. The van der Waals surface area contributed by atoms with E-state index in [1.165, 1.54) is 19.3 Å². The average Bonchev–Trinajstić information content (AvgIpc) is 2.93. The maximum atomic E-state index is 14.0. The number of rotatable bonds is 16. The highest BCUT2D eigenvalue weighted by atomic mass is 32.9. The van der Waals surface area contributed by atoms with Crippen molar-refractivity contribution in [1.29, 1.82) is 0 Å². The number of aliphatic hydroxyl groups is 1. The van der Waals surface area contributed by atoms with Gasteiger partial charge in [0, 0.05) is 6.16 Å². The van der Waals surface area contributed by atoms with Crippen molar-refractivity contribution in [3.63, 3.8) is 0 Å². The normalized spacial score (nSPS) is 18.9. The number of hydrogen-bond acceptors (Lipinski definition) is 5. The SMILES string of the molecule is O=C(OCc1ccccc1)P(PP)P(P)PCC[C@@H](O)CP(=O)(CC1CCCCC1)OCc1ccccc1. The zero-order chi connectivity index (χ0) is 27.2. The molecule has 5 nitrogen and oxygen atoms in total. The van der Waals surface area contributed by atoms with Crippen LogP contribution in [0.3, 0.4) is 0 Å². The van der Waals surface area contributed by atoms with E-state index in [0.29, 0.717) is 47.9 Å². The van der Waals surface area contributed by atoms with Gasteiger partial charge in [-0.2, -0.15) is 0 Å². The molecule has 1 saturated carbocycles. The standard InChI is InChI=1S/C26H41O5P7/c27-25(16-17-34-37(33)36(35-32)26(28)30-18-22-10-4-1-5-11-22)21-38(29,20-24-14-8-3-9-15-24)31-19-23-12-6-2-7-13-23/h1-2,4-7,10-13,24-25,27,34-35H,3,8-9,14-21,32-33H2/t25-,36?,37?,38?/m1/s1. The molecule has 7 unspecified atom stereocenters. The van der Waals surface area contributed by atoms with Crippen LogP contribution in [-0.4, -0.2) is 35.4 Å². The highest BCUT2D eigenvalue weighted by Gasteiger charge is 2.32. The Morgan fingerprint density at radius 3 is 2.24 bits per heavy atom. The molecule has 0 heterocycles. The molecule has 1 aliphatic rings. The Morgan fingerprint density at radius 1 is 1.03 bits per heavy atom. The molecule has 0 amide bonds. The van der Waals surface area contributed by atoms with Crippen LogP contribution >= 0.6 is 55.7 Å². The molecule has 0 radical (unpaired) electrons. The zero-order valence-electron chi connectivity index (χ0n) is 21.8. The topological polar surface area (TPSA) is 72.8 Å². The third kappa shape index (κ3) is 12.2. The fourth-order valence-corrected chi connectivity index (χ4v) is 34.1. The zero-order valence-corrected chi connectivity index (χ0v) is 28.8. The van der Waals surface area contributed by atoms with Crippen molar-refractivity contribution in [3.05, 3.63) is 71.8 Å². The van der Waals surface area contributed by atoms with E-state index < -0.39 is 27.8 Å². The van der Waals surface area contributed by atoms with E-state index in [1.807, 2.05) is 60.7 Å². The van der Waals surface area contributed by atoms with Crippen LogP contribution in [0.5, 0.6) is 0 Å². The largest absolute Gasteiger partial charge is 0.457 e. The van der Waals surface area contributed by atoms with Crippen LogP contribution in [0.1, 0.15) is 49.7 Å². The Balaban J connectivity index is 1.47. The van der Waals surface area contributed by atoms with Gasteiger partial charge in [-0.1, -0.05) is 96.2 Å². The van der Waals surface area contributed by atoms with Gasteiger partial charge in [0.05, 0.1) is 26.2 Å². The first-order chi connectivity index (χ1) is 18.4. The minimum atomic E-state index is -2.97. The van der Waals surface area contributed by atoms with E-state index in [0.717, 1.165) is 30.1 Å². The first-order valence-corrected chi connectivity index (χ1v) is 25.8. The van der Waals surface area contributed by atoms with Gasteiger partial charge >= 0.3 is 5.71 Å². The van der Waals surface area contributed by atoms with Gasteiger partial charge < -0.3 is 14.4 Å². The quantitative estimate of drug-likeness (QED) is 0.183. The monoisotopic (exact) mass is 650 g/mol. The Morgan fingerprint density at radius 2 is 1.63 bits per heavy atom. The molecule has 1 N–H and O–H groups in total. The van der Waals surface area contributed by atoms with E-state index in [1.54, 1.807) is 0 Å². The van der Waals surface area contributed by atoms with Crippen molar-refractivity contribution in [2.45, 2.75) is 57.8 Å². The van der Waals surface area contributed by atoms with Gasteiger partial charge in [-0.05, 0) is 49.5 Å². The van der Waals surface area contributed by atoms with E-state index in [-0.39, 0.29) is 11.9 Å². The van der Waals surface area contributed by atoms with Crippen molar-refractivity contribution in [1.82, 2.24) is 0 Å². The minimum absolute atomic E-state index is 0.0855. The highest BCUT2D eigenvalue weighted by molar-refractivity contribution is 8.92. The minimum Gasteiger partial charge on any atom is -0.457 e. The first kappa shape index (κ1) is 33.1. The molecule has 0 aliphatic heterocycles. The Bertz CT molecular complexity index is 992. The van der Waals surface area contributed by atoms with Crippen LogP contribution in [0.25, 0.3) is 0 Å². The first-order valence-electron chi connectivity index (χ1n) is 13.1. The lowest BCUT2D eigenvalue weighted by atomic mass is 9.91. The lowest BCUT2D eigenvalue weighted by molar-refractivity contribution is 0.168. The molecule has 12 heteroatoms. The van der Waals surface area contributed by atoms with Gasteiger partial charge in [0.1, 0.15) is 6.61 Å². The fourth-order valence-electron chi connectivity index (χ4n) is 4.52. The van der Waals surface area contributed by atoms with Crippen molar-refractivity contribution in [2.24, 2.45) is 5.92 Å². The molecule has 8 atom stereocenters. The van der Waals surface area contributed by atoms with Gasteiger partial charge in [-0.15, -0.1) is 17.9 Å². The lowest BCUT2D eigenvalue weighted by Crippen LogP contribution is -2.20. The second-order valence-electron chi connectivity index (χ2n) is 9.62. The summed E-state index contributed by atoms with van der Waals surface area (Å²) in [6.07, 6.45) is 7.38. The number of carbonyl (C=O) groups is 1. The summed E-state index contributed by atoms with van der Waals surface area (Å²) in [6, 6.07) is 19.6. The second kappa shape index (κ2) is 18.2. The van der Waals surface area contributed by atoms with Crippen molar-refractivity contribution in [2.75, 3.05) is 18.5 Å². The third-order valence-electron chi connectivity index (χ3n) is 6.53. The van der Waals surface area contributed by atoms with Crippen LogP contribution in [0.4, 0.5) is 4.79 Å². The number of ether oxygens (including phenoxy) is 1. The molecule has 2 aromatic rings. The van der Waals surface area contributed by atoms with Crippen LogP contribution in [-0.2, 0) is 27.0 Å². The number of aliphatic hydroxyl groups excluding tert-OH is 1. The second-order valence-corrected chi connectivity index (χ2v) is 31.0. The molecule has 0 saturated heterocycles. The van der Waals surface area contributed by atoms with Gasteiger partial charge in [0.2, 0.25) is 7.37 Å². The van der Waals surface area contributed by atoms with E-state index in [9.17, 15) is 14.5 Å². The molecule has 210 valence electrons. The molecular formula is C26H41O5P7. The molecule has 0 spiro atoms. The maximum Gasteiger partial charge on any atom is 0.336 e. The Labute approximate surface area is 238 Å². The number of hydrogen-bond donors (Lipinski definition) is 1. The molecule has 1 fully saturated rings. The number of benzene rings is 2. The molecule has 2 aromatic carbocycles. The molecular weight excluding hydrogens is 609 g/mol. The van der Waals surface area contributed by atoms with E-state index in [4.69, 9.17) is 9.26 Å². The Kier molecular flexibility index (Phi) is 15.9. The molecule has 38 heavy (non-hydrogen) atoms. The molecule has 1 aliphatic carbocycles. The van der Waals surface area contributed by atoms with E-state index in [2.05, 4.69) is 17.9 Å². The van der Waals surface area contributed by atoms with Crippen LogP contribution < -0.4 is 0 Å². The van der Waals surface area contributed by atoms with Crippen molar-refractivity contribution < 1.29 is 23.7 Å². The van der Waals surface area contributed by atoms with E-state index >= 15 is 0 Å². The van der Waals surface area contributed by atoms with Gasteiger partial charge in [-0.25, -0.2) is 4.79 Å². The molecule has 0 bridgehead atoms. The van der Waals surface area contributed by atoms with Gasteiger partial charge in [0.25, 0.3) is 0 Å². The smallest absolute Gasteiger partial charge is 0.336 e. The molecule has 3 rings (SSSR count). The van der Waals surface area contributed by atoms with Crippen LogP contribution in [0, 0.1) is 5.92 Å².